The van der Waals surface area contributed by atoms with Gasteiger partial charge in [0.15, 0.2) is 21.9 Å². The van der Waals surface area contributed by atoms with Crippen LogP contribution in [0.1, 0.15) is 37.2 Å². The summed E-state index contributed by atoms with van der Waals surface area (Å²) in [5, 5.41) is 0.338. The van der Waals surface area contributed by atoms with Crippen molar-refractivity contribution in [2.75, 3.05) is 18.1 Å². The van der Waals surface area contributed by atoms with Gasteiger partial charge in [-0.1, -0.05) is 19.1 Å². The third kappa shape index (κ3) is 4.67. The lowest BCUT2D eigenvalue weighted by atomic mass is 10.1. The Morgan fingerprint density at radius 2 is 2.03 bits per heavy atom. The highest BCUT2D eigenvalue weighted by atomic mass is 32.2. The van der Waals surface area contributed by atoms with Crippen LogP contribution in [-0.4, -0.2) is 55.4 Å². The van der Waals surface area contributed by atoms with Crippen molar-refractivity contribution >= 4 is 32.7 Å². The summed E-state index contributed by atoms with van der Waals surface area (Å²) in [5.41, 5.74) is -0.141. The van der Waals surface area contributed by atoms with Crippen LogP contribution in [-0.2, 0) is 19.4 Å². The first-order valence-electron chi connectivity index (χ1n) is 9.43. The minimum atomic E-state index is -3.17. The molecule has 1 aromatic heterocycles. The van der Waals surface area contributed by atoms with Crippen LogP contribution in [0.4, 0.5) is 0 Å². The number of hydrogen-bond acceptors (Lipinski definition) is 7. The molecular weight excluding hydrogens is 398 g/mol. The van der Waals surface area contributed by atoms with Crippen LogP contribution in [0.2, 0.25) is 0 Å². The largest absolute Gasteiger partial charge is 0.450 e. The van der Waals surface area contributed by atoms with E-state index < -0.39 is 34.4 Å². The number of hydrogen-bond donors (Lipinski definition) is 0. The molecule has 0 bridgehead atoms. The number of nitrogens with zero attached hydrogens (tertiary/aromatic N) is 1. The topological polar surface area (TPSA) is 111 Å². The molecular formula is C20H23NO7S. The predicted octanol–water partition coefficient (Wildman–Crippen LogP) is 1.76. The zero-order chi connectivity index (χ0) is 21.2. The molecule has 1 fully saturated rings. The second-order valence-electron chi connectivity index (χ2n) is 7.16. The van der Waals surface area contributed by atoms with Crippen LogP contribution in [0, 0.1) is 0 Å². The Hall–Kier alpha value is -2.68. The Bertz CT molecular complexity index is 1090. The molecule has 2 atom stereocenters. The summed E-state index contributed by atoms with van der Waals surface area (Å²) in [4.78, 5) is 38.6. The van der Waals surface area contributed by atoms with Gasteiger partial charge in [-0.05, 0) is 31.9 Å². The zero-order valence-electron chi connectivity index (χ0n) is 16.3. The van der Waals surface area contributed by atoms with E-state index in [1.165, 1.54) is 4.90 Å². The summed E-state index contributed by atoms with van der Waals surface area (Å²) < 4.78 is 34.1. The number of rotatable bonds is 6. The molecule has 1 aromatic carbocycles. The summed E-state index contributed by atoms with van der Waals surface area (Å²) >= 11 is 0. The van der Waals surface area contributed by atoms with E-state index in [1.807, 2.05) is 13.8 Å². The van der Waals surface area contributed by atoms with Gasteiger partial charge in [0.1, 0.15) is 5.58 Å². The summed E-state index contributed by atoms with van der Waals surface area (Å²) in [6.45, 7) is 3.16. The monoisotopic (exact) mass is 421 g/mol. The summed E-state index contributed by atoms with van der Waals surface area (Å²) in [6.07, 6.45) is 1.00. The lowest BCUT2D eigenvalue weighted by Crippen LogP contribution is -2.48. The fourth-order valence-corrected chi connectivity index (χ4v) is 5.19. The van der Waals surface area contributed by atoms with Crippen LogP contribution < -0.4 is 5.43 Å². The Labute approximate surface area is 168 Å². The molecule has 1 amide bonds. The number of amides is 1. The number of carbonyl (C=O) groups is 2. The van der Waals surface area contributed by atoms with E-state index in [1.54, 1.807) is 24.3 Å². The maximum Gasteiger partial charge on any atom is 0.374 e. The molecule has 3 rings (SSSR count). The van der Waals surface area contributed by atoms with Gasteiger partial charge in [0.2, 0.25) is 5.76 Å². The van der Waals surface area contributed by atoms with E-state index in [9.17, 15) is 22.8 Å². The van der Waals surface area contributed by atoms with Crippen molar-refractivity contribution < 1.29 is 27.2 Å². The van der Waals surface area contributed by atoms with E-state index in [0.717, 1.165) is 6.07 Å². The molecule has 2 heterocycles. The molecule has 0 spiro atoms. The first-order chi connectivity index (χ1) is 13.7. The van der Waals surface area contributed by atoms with Crippen molar-refractivity contribution in [1.29, 1.82) is 0 Å². The van der Waals surface area contributed by atoms with Gasteiger partial charge in [0.05, 0.1) is 16.9 Å². The number of ether oxygens (including phenoxy) is 1. The quantitative estimate of drug-likeness (QED) is 0.654. The normalized spacial score (nSPS) is 19.0. The van der Waals surface area contributed by atoms with Crippen LogP contribution in [0.25, 0.3) is 11.0 Å². The Kier molecular flexibility index (Phi) is 6.07. The zero-order valence-corrected chi connectivity index (χ0v) is 17.1. The fourth-order valence-electron chi connectivity index (χ4n) is 3.48. The lowest BCUT2D eigenvalue weighted by molar-refractivity contribution is -0.138. The number of fused-ring (bicyclic) bond motifs is 1. The summed E-state index contributed by atoms with van der Waals surface area (Å²) in [5.74, 6) is -1.74. The average Bonchev–Trinajstić information content (AvgIpc) is 3.05. The molecule has 0 unspecified atom stereocenters. The molecule has 1 saturated heterocycles. The van der Waals surface area contributed by atoms with Gasteiger partial charge < -0.3 is 14.1 Å². The molecule has 0 N–H and O–H groups in total. The molecule has 8 nitrogen and oxygen atoms in total. The van der Waals surface area contributed by atoms with E-state index >= 15 is 0 Å². The highest BCUT2D eigenvalue weighted by Gasteiger charge is 2.36. The first-order valence-corrected chi connectivity index (χ1v) is 11.3. The van der Waals surface area contributed by atoms with E-state index in [2.05, 4.69) is 0 Å². The molecule has 9 heteroatoms. The van der Waals surface area contributed by atoms with Crippen LogP contribution in [0.15, 0.2) is 39.5 Å². The van der Waals surface area contributed by atoms with Gasteiger partial charge in [-0.15, -0.1) is 0 Å². The Morgan fingerprint density at radius 3 is 2.69 bits per heavy atom. The van der Waals surface area contributed by atoms with Crippen molar-refractivity contribution in [3.05, 3.63) is 46.3 Å². The third-order valence-electron chi connectivity index (χ3n) is 5.12. The average molecular weight is 421 g/mol. The van der Waals surface area contributed by atoms with Crippen LogP contribution in [0.3, 0.4) is 0 Å². The fraction of sp³-hybridized carbons (Fsp3) is 0.450. The second-order valence-corrected chi connectivity index (χ2v) is 9.39. The van der Waals surface area contributed by atoms with E-state index in [-0.39, 0.29) is 34.3 Å². The highest BCUT2D eigenvalue weighted by molar-refractivity contribution is 7.91. The highest BCUT2D eigenvalue weighted by Crippen LogP contribution is 2.21. The van der Waals surface area contributed by atoms with Gasteiger partial charge in [-0.2, -0.15) is 0 Å². The smallest absolute Gasteiger partial charge is 0.374 e. The molecule has 156 valence electrons. The predicted molar refractivity (Wildman–Crippen MR) is 106 cm³/mol. The van der Waals surface area contributed by atoms with Crippen LogP contribution in [0.5, 0.6) is 0 Å². The Morgan fingerprint density at radius 1 is 1.31 bits per heavy atom. The molecule has 2 aromatic rings. The molecule has 29 heavy (non-hydrogen) atoms. The minimum Gasteiger partial charge on any atom is -0.450 e. The van der Waals surface area contributed by atoms with Crippen molar-refractivity contribution in [3.8, 4) is 0 Å². The number of benzene rings is 1. The van der Waals surface area contributed by atoms with Crippen molar-refractivity contribution in [2.45, 2.75) is 38.8 Å². The summed E-state index contributed by atoms with van der Waals surface area (Å²) in [6, 6.07) is 6.90. The summed E-state index contributed by atoms with van der Waals surface area (Å²) in [7, 11) is -3.17. The maximum absolute atomic E-state index is 12.7. The minimum absolute atomic E-state index is 0.0416. The second kappa shape index (κ2) is 8.36. The van der Waals surface area contributed by atoms with E-state index in [4.69, 9.17) is 9.15 Å². The van der Waals surface area contributed by atoms with Crippen LogP contribution >= 0.6 is 0 Å². The SMILES string of the molecule is CC[C@H](C)N(C(=O)COC(=O)c1cc(=O)c2ccccc2o1)[C@@H]1CCS(=O)(=O)C1. The molecule has 0 saturated carbocycles. The van der Waals surface area contributed by atoms with Crippen molar-refractivity contribution in [1.82, 2.24) is 4.90 Å². The maximum atomic E-state index is 12.7. The number of carbonyl (C=O) groups excluding carboxylic acids is 2. The number of para-hydroxylation sites is 1. The standard InChI is InChI=1S/C20H23NO7S/c1-3-13(2)21(14-8-9-29(25,26)12-14)19(23)11-27-20(24)18-10-16(22)15-6-4-5-7-17(15)28-18/h4-7,10,13-14H,3,8-9,11-12H2,1-2H3/t13-,14+/m0/s1. The number of esters is 1. The third-order valence-corrected chi connectivity index (χ3v) is 6.87. The Balaban J connectivity index is 1.72. The van der Waals surface area contributed by atoms with Gasteiger partial charge in [0.25, 0.3) is 5.91 Å². The van der Waals surface area contributed by atoms with Gasteiger partial charge in [-0.3, -0.25) is 9.59 Å². The van der Waals surface area contributed by atoms with Gasteiger partial charge >= 0.3 is 5.97 Å². The molecule has 1 aliphatic heterocycles. The van der Waals surface area contributed by atoms with Gasteiger partial charge in [0, 0.05) is 18.2 Å². The molecule has 0 aliphatic carbocycles. The molecule has 0 radical (unpaired) electrons. The van der Waals surface area contributed by atoms with E-state index in [0.29, 0.717) is 18.2 Å². The van der Waals surface area contributed by atoms with Crippen molar-refractivity contribution in [2.24, 2.45) is 0 Å². The van der Waals surface area contributed by atoms with Crippen molar-refractivity contribution in [3.63, 3.8) is 0 Å². The number of sulfone groups is 1. The lowest BCUT2D eigenvalue weighted by Gasteiger charge is -2.33. The molecule has 1 aliphatic rings. The van der Waals surface area contributed by atoms with Gasteiger partial charge in [-0.25, -0.2) is 13.2 Å². The first kappa shape index (κ1) is 21.0.